The van der Waals surface area contributed by atoms with Gasteiger partial charge in [-0.2, -0.15) is 0 Å². The molecule has 0 aromatic heterocycles. The van der Waals surface area contributed by atoms with Crippen molar-refractivity contribution in [3.63, 3.8) is 0 Å². The number of methoxy groups -OCH3 is 1. The molecule has 6 heteroatoms. The average Bonchev–Trinajstić information content (AvgIpc) is 3.01. The smallest absolute Gasteiger partial charge is 0.414 e. The molecular formula is C22H26N2O4. The number of hydrogen-bond acceptors (Lipinski definition) is 5. The summed E-state index contributed by atoms with van der Waals surface area (Å²) in [6.07, 6.45) is 4.11. The highest BCUT2D eigenvalue weighted by Gasteiger charge is 2.79. The van der Waals surface area contributed by atoms with E-state index < -0.39 is 17.2 Å². The molecule has 1 amide bonds. The first-order valence-corrected chi connectivity index (χ1v) is 10.5. The Morgan fingerprint density at radius 1 is 1.21 bits per heavy atom. The number of aliphatic hydroxyl groups is 1. The van der Waals surface area contributed by atoms with Crippen LogP contribution in [-0.2, 0) is 9.53 Å². The third-order valence-electron chi connectivity index (χ3n) is 8.66. The van der Waals surface area contributed by atoms with Gasteiger partial charge in [0.1, 0.15) is 5.60 Å². The van der Waals surface area contributed by atoms with E-state index in [1.165, 1.54) is 7.11 Å². The molecule has 6 aliphatic rings. The minimum atomic E-state index is -1.51. The lowest BCUT2D eigenvalue weighted by Gasteiger charge is -2.71. The first-order chi connectivity index (χ1) is 13.5. The van der Waals surface area contributed by atoms with E-state index >= 15 is 0 Å². The van der Waals surface area contributed by atoms with Crippen molar-refractivity contribution >= 4 is 17.6 Å². The van der Waals surface area contributed by atoms with Crippen molar-refractivity contribution in [3.8, 4) is 0 Å². The predicted octanol–water partition coefficient (Wildman–Crippen LogP) is 2.45. The number of amides is 1. The van der Waals surface area contributed by atoms with Gasteiger partial charge in [0.15, 0.2) is 5.78 Å². The van der Waals surface area contributed by atoms with Crippen molar-refractivity contribution in [2.75, 3.05) is 25.1 Å². The van der Waals surface area contributed by atoms with Crippen LogP contribution in [0, 0.1) is 5.41 Å². The number of carbonyl (C=O) groups is 2. The molecule has 3 aliphatic carbocycles. The molecule has 5 fully saturated rings. The number of rotatable bonds is 0. The second-order valence-corrected chi connectivity index (χ2v) is 9.42. The monoisotopic (exact) mass is 382 g/mol. The molecule has 148 valence electrons. The lowest BCUT2D eigenvalue weighted by Crippen LogP contribution is -2.82. The number of ketones is 1. The molecule has 5 unspecified atom stereocenters. The zero-order valence-electron chi connectivity index (χ0n) is 16.2. The summed E-state index contributed by atoms with van der Waals surface area (Å²) in [4.78, 5) is 30.7. The molecular weight excluding hydrogens is 356 g/mol. The van der Waals surface area contributed by atoms with Gasteiger partial charge in [0.05, 0.1) is 18.3 Å². The molecule has 2 spiro atoms. The van der Waals surface area contributed by atoms with Gasteiger partial charge in [0.25, 0.3) is 0 Å². The van der Waals surface area contributed by atoms with Crippen LogP contribution < -0.4 is 4.90 Å². The van der Waals surface area contributed by atoms with Crippen molar-refractivity contribution in [1.82, 2.24) is 4.90 Å². The third-order valence-corrected chi connectivity index (χ3v) is 8.66. The van der Waals surface area contributed by atoms with Crippen LogP contribution in [-0.4, -0.2) is 59.3 Å². The average molecular weight is 382 g/mol. The number of piperidine rings is 1. The highest BCUT2D eigenvalue weighted by atomic mass is 16.5. The van der Waals surface area contributed by atoms with Crippen LogP contribution in [0.15, 0.2) is 24.3 Å². The topological polar surface area (TPSA) is 70.1 Å². The Kier molecular flexibility index (Phi) is 3.13. The molecule has 28 heavy (non-hydrogen) atoms. The molecule has 1 aromatic rings. The Balaban J connectivity index is 1.69. The molecule has 7 rings (SSSR count). The maximum absolute atomic E-state index is 13.5. The van der Waals surface area contributed by atoms with Crippen LogP contribution in [0.4, 0.5) is 10.5 Å². The first kappa shape index (κ1) is 17.0. The van der Waals surface area contributed by atoms with E-state index in [1.807, 2.05) is 18.2 Å². The zero-order chi connectivity index (χ0) is 19.3. The summed E-state index contributed by atoms with van der Waals surface area (Å²) in [6, 6.07) is 8.21. The Hall–Kier alpha value is -1.92. The summed E-state index contributed by atoms with van der Waals surface area (Å²) >= 11 is 0. The van der Waals surface area contributed by atoms with E-state index in [-0.39, 0.29) is 23.2 Å². The fourth-order valence-electron chi connectivity index (χ4n) is 7.84. The molecule has 4 bridgehead atoms. The first-order valence-electron chi connectivity index (χ1n) is 10.5. The van der Waals surface area contributed by atoms with Gasteiger partial charge in [-0.15, -0.1) is 0 Å². The van der Waals surface area contributed by atoms with E-state index in [0.29, 0.717) is 25.8 Å². The molecule has 1 aromatic carbocycles. The van der Waals surface area contributed by atoms with Crippen LogP contribution in [0.1, 0.15) is 50.0 Å². The lowest BCUT2D eigenvalue weighted by atomic mass is 9.41. The SMILES string of the molecule is COC(=O)N1c2ccccc2C2C3N4CCCC35CCC21C(O)(C5)C(=O)CC4. The minimum Gasteiger partial charge on any atom is -0.452 e. The number of fused-ring (bicyclic) bond motifs is 2. The number of anilines is 1. The van der Waals surface area contributed by atoms with Crippen molar-refractivity contribution in [1.29, 1.82) is 0 Å². The number of para-hydroxylation sites is 1. The largest absolute Gasteiger partial charge is 0.452 e. The van der Waals surface area contributed by atoms with E-state index in [0.717, 1.165) is 37.1 Å². The number of ether oxygens (including phenoxy) is 1. The molecule has 3 aliphatic heterocycles. The van der Waals surface area contributed by atoms with Crippen LogP contribution in [0.2, 0.25) is 0 Å². The zero-order valence-corrected chi connectivity index (χ0v) is 16.2. The molecule has 0 radical (unpaired) electrons. The van der Waals surface area contributed by atoms with E-state index in [4.69, 9.17) is 4.74 Å². The van der Waals surface area contributed by atoms with Crippen LogP contribution in [0.5, 0.6) is 0 Å². The number of hydrogen-bond donors (Lipinski definition) is 1. The normalized spacial score (nSPS) is 43.4. The standard InChI is InChI=1S/C22H26N2O4/c1-28-19(26)24-15-6-3-2-5-14(15)17-18-20-8-4-11-23(18)12-7-16(25)22(27,13-20)21(17,24)10-9-20/h2-3,5-6,17-18,27H,4,7-13H2,1H3. The number of carbonyl (C=O) groups excluding carboxylic acids is 2. The summed E-state index contributed by atoms with van der Waals surface area (Å²) < 4.78 is 5.19. The van der Waals surface area contributed by atoms with Gasteiger partial charge in [-0.3, -0.25) is 14.6 Å². The van der Waals surface area contributed by atoms with E-state index in [1.54, 1.807) is 4.90 Å². The number of nitrogens with zero attached hydrogens (tertiary/aromatic N) is 2. The highest BCUT2D eigenvalue weighted by Crippen LogP contribution is 2.72. The van der Waals surface area contributed by atoms with Crippen LogP contribution >= 0.6 is 0 Å². The number of benzene rings is 1. The van der Waals surface area contributed by atoms with Crippen molar-refractivity contribution < 1.29 is 19.4 Å². The lowest BCUT2D eigenvalue weighted by molar-refractivity contribution is -0.213. The second kappa shape index (κ2) is 5.16. The summed E-state index contributed by atoms with van der Waals surface area (Å²) in [5.74, 6) is -0.159. The maximum Gasteiger partial charge on any atom is 0.414 e. The summed E-state index contributed by atoms with van der Waals surface area (Å²) in [5.41, 5.74) is -0.612. The Labute approximate surface area is 164 Å². The van der Waals surface area contributed by atoms with Gasteiger partial charge in [-0.25, -0.2) is 4.79 Å². The fraction of sp³-hybridized carbons (Fsp3) is 0.636. The fourth-order valence-corrected chi connectivity index (χ4v) is 7.84. The predicted molar refractivity (Wildman–Crippen MR) is 102 cm³/mol. The summed E-state index contributed by atoms with van der Waals surface area (Å²) in [5, 5.41) is 12.1. The summed E-state index contributed by atoms with van der Waals surface area (Å²) in [6.45, 7) is 1.70. The van der Waals surface area contributed by atoms with Gasteiger partial charge in [0.2, 0.25) is 0 Å². The van der Waals surface area contributed by atoms with Crippen molar-refractivity contribution in [2.24, 2.45) is 5.41 Å². The number of Topliss-reactive ketones (excluding diaryl/α,β-unsaturated/α-hetero) is 1. The van der Waals surface area contributed by atoms with Gasteiger partial charge < -0.3 is 9.84 Å². The van der Waals surface area contributed by atoms with Crippen molar-refractivity contribution in [3.05, 3.63) is 29.8 Å². The molecule has 3 saturated carbocycles. The van der Waals surface area contributed by atoms with Crippen molar-refractivity contribution in [2.45, 2.75) is 61.6 Å². The van der Waals surface area contributed by atoms with Gasteiger partial charge >= 0.3 is 6.09 Å². The Bertz CT molecular complexity index is 902. The Morgan fingerprint density at radius 2 is 2.04 bits per heavy atom. The summed E-state index contributed by atoms with van der Waals surface area (Å²) in [7, 11) is 1.38. The molecule has 2 saturated heterocycles. The Morgan fingerprint density at radius 3 is 2.86 bits per heavy atom. The molecule has 1 N–H and O–H groups in total. The molecule has 5 atom stereocenters. The third kappa shape index (κ3) is 1.62. The van der Waals surface area contributed by atoms with Gasteiger partial charge in [-0.1, -0.05) is 18.2 Å². The molecule has 3 heterocycles. The minimum absolute atomic E-state index is 0.0469. The van der Waals surface area contributed by atoms with Crippen LogP contribution in [0.25, 0.3) is 0 Å². The van der Waals surface area contributed by atoms with Gasteiger partial charge in [0, 0.05) is 24.9 Å². The second-order valence-electron chi connectivity index (χ2n) is 9.42. The molecule has 6 nitrogen and oxygen atoms in total. The highest BCUT2D eigenvalue weighted by molar-refractivity contribution is 6.00. The van der Waals surface area contributed by atoms with E-state index in [2.05, 4.69) is 11.0 Å². The van der Waals surface area contributed by atoms with Gasteiger partial charge in [-0.05, 0) is 55.7 Å². The quantitative estimate of drug-likeness (QED) is 0.746. The van der Waals surface area contributed by atoms with E-state index in [9.17, 15) is 14.7 Å². The van der Waals surface area contributed by atoms with Crippen LogP contribution in [0.3, 0.4) is 0 Å². The maximum atomic E-state index is 13.5.